The van der Waals surface area contributed by atoms with Crippen molar-refractivity contribution in [2.75, 3.05) is 16.0 Å². The molecule has 1 aromatic heterocycles. The Labute approximate surface area is 150 Å². The molecule has 7 heteroatoms. The van der Waals surface area contributed by atoms with Crippen molar-refractivity contribution in [2.45, 2.75) is 6.92 Å². The first kappa shape index (κ1) is 17.1. The Hall–Kier alpha value is -3.74. The van der Waals surface area contributed by atoms with Crippen LogP contribution < -0.4 is 16.0 Å². The highest BCUT2D eigenvalue weighted by molar-refractivity contribution is 6.04. The second kappa shape index (κ2) is 7.89. The van der Waals surface area contributed by atoms with Gasteiger partial charge in [-0.1, -0.05) is 18.2 Å². The highest BCUT2D eigenvalue weighted by Crippen LogP contribution is 2.15. The molecular formula is C19H17N5O2. The molecule has 7 nitrogen and oxygen atoms in total. The Bertz CT molecular complexity index is 893. The van der Waals surface area contributed by atoms with Crippen molar-refractivity contribution in [2.24, 2.45) is 0 Å². The van der Waals surface area contributed by atoms with Crippen molar-refractivity contribution in [3.8, 4) is 0 Å². The van der Waals surface area contributed by atoms with Crippen molar-refractivity contribution in [1.82, 2.24) is 9.97 Å². The molecule has 2 amide bonds. The molecule has 0 atom stereocenters. The smallest absolute Gasteiger partial charge is 0.258 e. The number of anilines is 4. The van der Waals surface area contributed by atoms with E-state index in [0.29, 0.717) is 22.9 Å². The molecule has 0 unspecified atom stereocenters. The van der Waals surface area contributed by atoms with Gasteiger partial charge in [0.15, 0.2) is 0 Å². The van der Waals surface area contributed by atoms with Gasteiger partial charge in [0, 0.05) is 36.4 Å². The molecule has 130 valence electrons. The predicted octanol–water partition coefficient (Wildman–Crippen LogP) is 3.43. The van der Waals surface area contributed by atoms with Crippen LogP contribution in [0.4, 0.5) is 23.0 Å². The van der Waals surface area contributed by atoms with Gasteiger partial charge < -0.3 is 16.0 Å². The number of hydrogen-bond donors (Lipinski definition) is 3. The number of carbonyl (C=O) groups excluding carboxylic acids is 2. The highest BCUT2D eigenvalue weighted by atomic mass is 16.2. The number of amides is 2. The van der Waals surface area contributed by atoms with Gasteiger partial charge in [-0.25, -0.2) is 9.97 Å². The summed E-state index contributed by atoms with van der Waals surface area (Å²) in [5, 5.41) is 8.47. The monoisotopic (exact) mass is 347 g/mol. The van der Waals surface area contributed by atoms with Crippen LogP contribution in [0.25, 0.3) is 0 Å². The van der Waals surface area contributed by atoms with E-state index in [1.165, 1.54) is 19.3 Å². The minimum absolute atomic E-state index is 0.150. The zero-order valence-corrected chi connectivity index (χ0v) is 14.1. The Kier molecular flexibility index (Phi) is 5.19. The molecule has 0 aliphatic rings. The van der Waals surface area contributed by atoms with E-state index in [1.807, 2.05) is 30.3 Å². The Balaban J connectivity index is 1.62. The molecule has 0 aliphatic heterocycles. The summed E-state index contributed by atoms with van der Waals surface area (Å²) in [6.07, 6.45) is 2.92. The van der Waals surface area contributed by atoms with Gasteiger partial charge in [0.2, 0.25) is 11.9 Å². The van der Waals surface area contributed by atoms with Crippen molar-refractivity contribution in [1.29, 1.82) is 0 Å². The molecule has 1 heterocycles. The van der Waals surface area contributed by atoms with Crippen LogP contribution in [-0.2, 0) is 4.79 Å². The number of benzene rings is 2. The van der Waals surface area contributed by atoms with Gasteiger partial charge >= 0.3 is 0 Å². The van der Waals surface area contributed by atoms with Crippen LogP contribution in [0, 0.1) is 0 Å². The molecule has 2 aromatic carbocycles. The normalized spacial score (nSPS) is 10.0. The Morgan fingerprint density at radius 3 is 1.92 bits per heavy atom. The summed E-state index contributed by atoms with van der Waals surface area (Å²) < 4.78 is 0. The van der Waals surface area contributed by atoms with Crippen molar-refractivity contribution >= 4 is 34.8 Å². The zero-order chi connectivity index (χ0) is 18.4. The number of hydrogen-bond acceptors (Lipinski definition) is 5. The summed E-state index contributed by atoms with van der Waals surface area (Å²) in [6, 6.07) is 16.3. The van der Waals surface area contributed by atoms with Gasteiger partial charge in [-0.3, -0.25) is 9.59 Å². The fourth-order valence-electron chi connectivity index (χ4n) is 2.20. The maximum Gasteiger partial charge on any atom is 0.258 e. The van der Waals surface area contributed by atoms with E-state index in [4.69, 9.17) is 0 Å². The van der Waals surface area contributed by atoms with Crippen LogP contribution in [0.15, 0.2) is 67.0 Å². The first-order valence-electron chi connectivity index (χ1n) is 7.93. The van der Waals surface area contributed by atoms with Crippen LogP contribution in [0.2, 0.25) is 0 Å². The lowest BCUT2D eigenvalue weighted by Gasteiger charge is -2.08. The van der Waals surface area contributed by atoms with Crippen LogP contribution in [0.1, 0.15) is 17.3 Å². The first-order valence-corrected chi connectivity index (χ1v) is 7.93. The summed E-state index contributed by atoms with van der Waals surface area (Å²) in [5.74, 6) is -0.0564. The maximum absolute atomic E-state index is 12.3. The van der Waals surface area contributed by atoms with Gasteiger partial charge in [0.1, 0.15) is 0 Å². The van der Waals surface area contributed by atoms with Crippen LogP contribution in [0.3, 0.4) is 0 Å². The molecule has 0 saturated carbocycles. The van der Waals surface area contributed by atoms with Gasteiger partial charge in [-0.2, -0.15) is 0 Å². The highest BCUT2D eigenvalue weighted by Gasteiger charge is 2.08. The number of nitrogens with one attached hydrogen (secondary N) is 3. The fraction of sp³-hybridized carbons (Fsp3) is 0.0526. The van der Waals surface area contributed by atoms with E-state index in [0.717, 1.165) is 5.69 Å². The van der Waals surface area contributed by atoms with Crippen molar-refractivity contribution in [3.63, 3.8) is 0 Å². The third-order valence-electron chi connectivity index (χ3n) is 3.41. The second-order valence-electron chi connectivity index (χ2n) is 5.50. The van der Waals surface area contributed by atoms with Gasteiger partial charge in [-0.05, 0) is 36.4 Å². The molecule has 3 N–H and O–H groups in total. The summed E-state index contributed by atoms with van der Waals surface area (Å²) in [7, 11) is 0. The van der Waals surface area contributed by atoms with Gasteiger partial charge in [0.05, 0.1) is 5.56 Å². The number of rotatable bonds is 5. The van der Waals surface area contributed by atoms with E-state index in [1.54, 1.807) is 24.3 Å². The second-order valence-corrected chi connectivity index (χ2v) is 5.50. The first-order chi connectivity index (χ1) is 12.6. The third kappa shape index (κ3) is 4.64. The topological polar surface area (TPSA) is 96.0 Å². The summed E-state index contributed by atoms with van der Waals surface area (Å²) in [4.78, 5) is 31.6. The lowest BCUT2D eigenvalue weighted by atomic mass is 10.2. The van der Waals surface area contributed by atoms with Gasteiger partial charge in [0.25, 0.3) is 5.91 Å². The lowest BCUT2D eigenvalue weighted by Crippen LogP contribution is -2.13. The average molecular weight is 347 g/mol. The molecule has 3 rings (SSSR count). The van der Waals surface area contributed by atoms with Crippen LogP contribution in [0.5, 0.6) is 0 Å². The van der Waals surface area contributed by atoms with Crippen LogP contribution >= 0.6 is 0 Å². The third-order valence-corrected chi connectivity index (χ3v) is 3.41. The van der Waals surface area contributed by atoms with E-state index in [-0.39, 0.29) is 11.8 Å². The molecule has 26 heavy (non-hydrogen) atoms. The Morgan fingerprint density at radius 2 is 1.35 bits per heavy atom. The molecule has 0 spiro atoms. The molecule has 0 radical (unpaired) electrons. The average Bonchev–Trinajstić information content (AvgIpc) is 2.64. The number of carbonyl (C=O) groups is 2. The summed E-state index contributed by atoms with van der Waals surface area (Å²) in [6.45, 7) is 1.44. The predicted molar refractivity (Wildman–Crippen MR) is 100 cm³/mol. The van der Waals surface area contributed by atoms with Crippen LogP contribution in [-0.4, -0.2) is 21.8 Å². The fourth-order valence-corrected chi connectivity index (χ4v) is 2.20. The number of para-hydroxylation sites is 1. The zero-order valence-electron chi connectivity index (χ0n) is 14.1. The molecule has 0 saturated heterocycles. The minimum Gasteiger partial charge on any atom is -0.326 e. The summed E-state index contributed by atoms with van der Waals surface area (Å²) >= 11 is 0. The lowest BCUT2D eigenvalue weighted by molar-refractivity contribution is -0.114. The minimum atomic E-state index is -0.316. The van der Waals surface area contributed by atoms with E-state index in [9.17, 15) is 9.59 Å². The molecule has 0 fully saturated rings. The standard InChI is InChI=1S/C19H17N5O2/c1-13(25)22-16-7-9-17(10-8-16)23-18(26)14-11-20-19(21-12-14)24-15-5-3-2-4-6-15/h2-12H,1H3,(H,22,25)(H,23,26)(H,20,21,24). The van der Waals surface area contributed by atoms with E-state index < -0.39 is 0 Å². The van der Waals surface area contributed by atoms with Gasteiger partial charge in [-0.15, -0.1) is 0 Å². The summed E-state index contributed by atoms with van der Waals surface area (Å²) in [5.41, 5.74) is 2.48. The molecule has 0 bridgehead atoms. The van der Waals surface area contributed by atoms with E-state index in [2.05, 4.69) is 25.9 Å². The Morgan fingerprint density at radius 1 is 0.769 bits per heavy atom. The quantitative estimate of drug-likeness (QED) is 0.657. The molecule has 0 aliphatic carbocycles. The number of aromatic nitrogens is 2. The van der Waals surface area contributed by atoms with Crippen molar-refractivity contribution in [3.05, 3.63) is 72.6 Å². The van der Waals surface area contributed by atoms with Crippen molar-refractivity contribution < 1.29 is 9.59 Å². The maximum atomic E-state index is 12.3. The number of nitrogens with zero attached hydrogens (tertiary/aromatic N) is 2. The van der Waals surface area contributed by atoms with E-state index >= 15 is 0 Å². The largest absolute Gasteiger partial charge is 0.326 e. The SMILES string of the molecule is CC(=O)Nc1ccc(NC(=O)c2cnc(Nc3ccccc3)nc2)cc1. The molecule has 3 aromatic rings. The molecular weight excluding hydrogens is 330 g/mol.